The van der Waals surface area contributed by atoms with Gasteiger partial charge in [0, 0.05) is 11.0 Å². The summed E-state index contributed by atoms with van der Waals surface area (Å²) in [7, 11) is 1.90. The third kappa shape index (κ3) is 8.86. The molecule has 0 saturated heterocycles. The fourth-order valence-corrected chi connectivity index (χ4v) is 1.78. The second-order valence-corrected chi connectivity index (χ2v) is 4.78. The van der Waals surface area contributed by atoms with Crippen LogP contribution >= 0.6 is 28.3 Å². The van der Waals surface area contributed by atoms with E-state index in [1.54, 1.807) is 0 Å². The first-order valence-electron chi connectivity index (χ1n) is 6.02. The predicted molar refractivity (Wildman–Crippen MR) is 83.1 cm³/mol. The van der Waals surface area contributed by atoms with Crippen molar-refractivity contribution in [1.29, 1.82) is 0 Å². The lowest BCUT2D eigenvalue weighted by Gasteiger charge is -2.07. The molecule has 0 unspecified atom stereocenters. The average molecular weight is 352 g/mol. The van der Waals surface area contributed by atoms with Gasteiger partial charge in [-0.3, -0.25) is 4.79 Å². The first kappa shape index (κ1) is 18.2. The van der Waals surface area contributed by atoms with Gasteiger partial charge in [-0.1, -0.05) is 22.0 Å². The topological polar surface area (TPSA) is 50.4 Å². The molecule has 1 aromatic carbocycles. The Labute approximate surface area is 128 Å². The van der Waals surface area contributed by atoms with Gasteiger partial charge in [0.2, 0.25) is 5.91 Å². The molecule has 0 aliphatic rings. The van der Waals surface area contributed by atoms with Crippen LogP contribution in [0.25, 0.3) is 0 Å². The zero-order valence-corrected chi connectivity index (χ0v) is 13.4. The number of hydrogen-bond acceptors (Lipinski definition) is 3. The Balaban J connectivity index is 0.00000324. The Kier molecular flexibility index (Phi) is 10.6. The van der Waals surface area contributed by atoms with E-state index in [9.17, 15) is 4.79 Å². The summed E-state index contributed by atoms with van der Waals surface area (Å²) in [5, 5.41) is 5.88. The van der Waals surface area contributed by atoms with Crippen LogP contribution in [0.4, 0.5) is 0 Å². The van der Waals surface area contributed by atoms with Crippen LogP contribution in [0, 0.1) is 0 Å². The molecule has 0 fully saturated rings. The van der Waals surface area contributed by atoms with E-state index in [-0.39, 0.29) is 18.3 Å². The number of benzene rings is 1. The fourth-order valence-electron chi connectivity index (χ4n) is 1.40. The van der Waals surface area contributed by atoms with Gasteiger partial charge in [0.05, 0.1) is 13.0 Å². The SMILES string of the molecule is CNCCCNC(=O)CCOc1cccc(Br)c1.Cl. The number of carbonyl (C=O) groups excluding carboxylic acids is 1. The number of amides is 1. The average Bonchev–Trinajstić information content (AvgIpc) is 2.35. The summed E-state index contributed by atoms with van der Waals surface area (Å²) >= 11 is 3.37. The van der Waals surface area contributed by atoms with Crippen LogP contribution in [-0.2, 0) is 4.79 Å². The number of carbonyl (C=O) groups is 1. The zero-order chi connectivity index (χ0) is 13.2. The molecule has 108 valence electrons. The lowest BCUT2D eigenvalue weighted by molar-refractivity contribution is -0.121. The Hall–Kier alpha value is -0.780. The molecule has 1 rings (SSSR count). The zero-order valence-electron chi connectivity index (χ0n) is 10.9. The monoisotopic (exact) mass is 350 g/mol. The van der Waals surface area contributed by atoms with E-state index in [2.05, 4.69) is 26.6 Å². The number of nitrogens with one attached hydrogen (secondary N) is 2. The molecule has 0 aromatic heterocycles. The van der Waals surface area contributed by atoms with Gasteiger partial charge in [-0.05, 0) is 38.2 Å². The minimum Gasteiger partial charge on any atom is -0.493 e. The maximum absolute atomic E-state index is 11.4. The third-order valence-corrected chi connectivity index (χ3v) is 2.81. The predicted octanol–water partition coefficient (Wildman–Crippen LogP) is 2.37. The number of rotatable bonds is 8. The fraction of sp³-hybridized carbons (Fsp3) is 0.462. The van der Waals surface area contributed by atoms with Crippen molar-refractivity contribution in [2.45, 2.75) is 12.8 Å². The lowest BCUT2D eigenvalue weighted by Crippen LogP contribution is -2.27. The maximum Gasteiger partial charge on any atom is 0.223 e. The highest BCUT2D eigenvalue weighted by molar-refractivity contribution is 9.10. The van der Waals surface area contributed by atoms with Gasteiger partial charge >= 0.3 is 0 Å². The van der Waals surface area contributed by atoms with Crippen molar-refractivity contribution in [3.8, 4) is 5.75 Å². The third-order valence-electron chi connectivity index (χ3n) is 2.32. The second-order valence-electron chi connectivity index (χ2n) is 3.86. The Morgan fingerprint density at radius 2 is 2.16 bits per heavy atom. The van der Waals surface area contributed by atoms with Crippen LogP contribution in [-0.4, -0.2) is 32.7 Å². The van der Waals surface area contributed by atoms with Crippen LogP contribution in [0.15, 0.2) is 28.7 Å². The second kappa shape index (κ2) is 11.1. The molecule has 0 aliphatic carbocycles. The van der Waals surface area contributed by atoms with Crippen molar-refractivity contribution in [1.82, 2.24) is 10.6 Å². The minimum atomic E-state index is 0. The molecule has 2 N–H and O–H groups in total. The standard InChI is InChI=1S/C13H19BrN2O2.ClH/c1-15-7-3-8-16-13(17)6-9-18-12-5-2-4-11(14)10-12;/h2,4-5,10,15H,3,6-9H2,1H3,(H,16,17);1H. The normalized spacial score (nSPS) is 9.58. The van der Waals surface area contributed by atoms with Gasteiger partial charge in [-0.15, -0.1) is 12.4 Å². The van der Waals surface area contributed by atoms with E-state index in [1.165, 1.54) is 0 Å². The van der Waals surface area contributed by atoms with E-state index < -0.39 is 0 Å². The summed E-state index contributed by atoms with van der Waals surface area (Å²) in [6, 6.07) is 7.58. The molecular formula is C13H20BrClN2O2. The molecule has 0 atom stereocenters. The first-order chi connectivity index (χ1) is 8.72. The van der Waals surface area contributed by atoms with Gasteiger partial charge in [0.1, 0.15) is 5.75 Å². The van der Waals surface area contributed by atoms with Crippen LogP contribution in [0.2, 0.25) is 0 Å². The number of ether oxygens (including phenoxy) is 1. The minimum absolute atomic E-state index is 0. The molecule has 0 bridgehead atoms. The molecule has 0 saturated carbocycles. The maximum atomic E-state index is 11.4. The first-order valence-corrected chi connectivity index (χ1v) is 6.81. The van der Waals surface area contributed by atoms with Gasteiger partial charge in [-0.2, -0.15) is 0 Å². The van der Waals surface area contributed by atoms with Crippen LogP contribution in [0.5, 0.6) is 5.75 Å². The van der Waals surface area contributed by atoms with Crippen LogP contribution < -0.4 is 15.4 Å². The summed E-state index contributed by atoms with van der Waals surface area (Å²) in [5.74, 6) is 0.799. The van der Waals surface area contributed by atoms with Crippen molar-refractivity contribution >= 4 is 34.2 Å². The molecule has 4 nitrogen and oxygen atoms in total. The Bertz CT molecular complexity index is 377. The van der Waals surface area contributed by atoms with Crippen molar-refractivity contribution in [2.75, 3.05) is 26.7 Å². The Morgan fingerprint density at radius 1 is 1.37 bits per heavy atom. The quantitative estimate of drug-likeness (QED) is 0.707. The van der Waals surface area contributed by atoms with Crippen LogP contribution in [0.3, 0.4) is 0 Å². The highest BCUT2D eigenvalue weighted by Gasteiger charge is 2.01. The summed E-state index contributed by atoms with van der Waals surface area (Å²) in [5.41, 5.74) is 0. The van der Waals surface area contributed by atoms with Crippen molar-refractivity contribution in [3.05, 3.63) is 28.7 Å². The summed E-state index contributed by atoms with van der Waals surface area (Å²) in [4.78, 5) is 11.4. The van der Waals surface area contributed by atoms with Gasteiger partial charge in [0.25, 0.3) is 0 Å². The molecule has 1 amide bonds. The molecule has 0 radical (unpaired) electrons. The van der Waals surface area contributed by atoms with E-state index in [0.29, 0.717) is 19.6 Å². The van der Waals surface area contributed by atoms with E-state index in [4.69, 9.17) is 4.74 Å². The highest BCUT2D eigenvalue weighted by Crippen LogP contribution is 2.17. The molecule has 0 aliphatic heterocycles. The Morgan fingerprint density at radius 3 is 2.84 bits per heavy atom. The molecule has 0 spiro atoms. The summed E-state index contributed by atoms with van der Waals surface area (Å²) in [6.45, 7) is 2.01. The van der Waals surface area contributed by atoms with Crippen LogP contribution in [0.1, 0.15) is 12.8 Å². The smallest absolute Gasteiger partial charge is 0.223 e. The molecule has 6 heteroatoms. The summed E-state index contributed by atoms with van der Waals surface area (Å²) < 4.78 is 6.45. The lowest BCUT2D eigenvalue weighted by atomic mass is 10.3. The van der Waals surface area contributed by atoms with Crippen molar-refractivity contribution in [3.63, 3.8) is 0 Å². The molecular weight excluding hydrogens is 332 g/mol. The van der Waals surface area contributed by atoms with Gasteiger partial charge < -0.3 is 15.4 Å². The highest BCUT2D eigenvalue weighted by atomic mass is 79.9. The molecule has 1 aromatic rings. The van der Waals surface area contributed by atoms with E-state index in [0.717, 1.165) is 23.2 Å². The van der Waals surface area contributed by atoms with Gasteiger partial charge in [-0.25, -0.2) is 0 Å². The summed E-state index contributed by atoms with van der Waals surface area (Å²) in [6.07, 6.45) is 1.32. The van der Waals surface area contributed by atoms with Gasteiger partial charge in [0.15, 0.2) is 0 Å². The van der Waals surface area contributed by atoms with Crippen molar-refractivity contribution in [2.24, 2.45) is 0 Å². The molecule has 19 heavy (non-hydrogen) atoms. The van der Waals surface area contributed by atoms with E-state index >= 15 is 0 Å². The van der Waals surface area contributed by atoms with Crippen molar-refractivity contribution < 1.29 is 9.53 Å². The number of hydrogen-bond donors (Lipinski definition) is 2. The number of halogens is 2. The molecule has 0 heterocycles. The van der Waals surface area contributed by atoms with E-state index in [1.807, 2.05) is 31.3 Å². The largest absolute Gasteiger partial charge is 0.493 e.